The Morgan fingerprint density at radius 2 is 1.57 bits per heavy atom. The van der Waals surface area contributed by atoms with Crippen LogP contribution in [-0.2, 0) is 19.1 Å². The van der Waals surface area contributed by atoms with Crippen molar-refractivity contribution in [3.05, 3.63) is 0 Å². The number of aliphatic hydroxyl groups excluding tert-OH is 3. The number of unbranched alkanes of at least 4 members (excludes halogenated alkanes) is 4. The molecule has 0 saturated carbocycles. The van der Waals surface area contributed by atoms with Gasteiger partial charge in [-0.05, 0) is 12.8 Å². The number of aliphatic hydroxyl groups is 3. The summed E-state index contributed by atoms with van der Waals surface area (Å²) in [6.07, 6.45) is 1.88. The quantitative estimate of drug-likeness (QED) is 0.266. The number of carbonyl (C=O) groups excluding carboxylic acids is 2. The van der Waals surface area contributed by atoms with E-state index < -0.39 is 30.5 Å². The molecule has 1 aliphatic heterocycles. The summed E-state index contributed by atoms with van der Waals surface area (Å²) in [4.78, 5) is 24.0. The first-order valence-corrected chi connectivity index (χ1v) is 10.5. The predicted octanol–water partition coefficient (Wildman–Crippen LogP) is 1.05. The van der Waals surface area contributed by atoms with Crippen LogP contribution in [0.15, 0.2) is 0 Å². The van der Waals surface area contributed by atoms with E-state index in [-0.39, 0.29) is 37.9 Å². The van der Waals surface area contributed by atoms with Gasteiger partial charge < -0.3 is 30.1 Å². The summed E-state index contributed by atoms with van der Waals surface area (Å²) in [6, 6.07) is -0.578. The van der Waals surface area contributed by atoms with Gasteiger partial charge in [-0.1, -0.05) is 39.5 Å². The van der Waals surface area contributed by atoms with Crippen molar-refractivity contribution in [1.82, 2.24) is 5.32 Å². The molecule has 8 nitrogen and oxygen atoms in total. The van der Waals surface area contributed by atoms with E-state index in [9.17, 15) is 24.9 Å². The van der Waals surface area contributed by atoms with Crippen LogP contribution >= 0.6 is 0 Å². The summed E-state index contributed by atoms with van der Waals surface area (Å²) in [5.74, 6) is -0.709. The average molecular weight is 404 g/mol. The number of piperidine rings is 1. The van der Waals surface area contributed by atoms with Crippen molar-refractivity contribution in [2.45, 2.75) is 102 Å². The van der Waals surface area contributed by atoms with Crippen molar-refractivity contribution < 1.29 is 34.4 Å². The Morgan fingerprint density at radius 1 is 0.964 bits per heavy atom. The molecule has 4 N–H and O–H groups in total. The van der Waals surface area contributed by atoms with Gasteiger partial charge in [0.2, 0.25) is 0 Å². The summed E-state index contributed by atoms with van der Waals surface area (Å²) in [5, 5.41) is 32.6. The van der Waals surface area contributed by atoms with Crippen LogP contribution in [0.3, 0.4) is 0 Å². The lowest BCUT2D eigenvalue weighted by Crippen LogP contribution is -2.60. The Kier molecular flexibility index (Phi) is 12.3. The van der Waals surface area contributed by atoms with E-state index in [0.717, 1.165) is 38.5 Å². The maximum absolute atomic E-state index is 12.1. The van der Waals surface area contributed by atoms with Gasteiger partial charge in [-0.25, -0.2) is 0 Å². The first-order valence-electron chi connectivity index (χ1n) is 10.5. The number of nitrogens with one attached hydrogen (secondary N) is 1. The van der Waals surface area contributed by atoms with E-state index in [4.69, 9.17) is 9.47 Å². The van der Waals surface area contributed by atoms with Gasteiger partial charge in [0.25, 0.3) is 0 Å². The van der Waals surface area contributed by atoms with Gasteiger partial charge in [0.1, 0.15) is 18.8 Å². The van der Waals surface area contributed by atoms with Crippen LogP contribution in [0.4, 0.5) is 0 Å². The van der Waals surface area contributed by atoms with Crippen LogP contribution in [0.1, 0.15) is 71.6 Å². The molecule has 164 valence electrons. The van der Waals surface area contributed by atoms with Crippen LogP contribution in [0.2, 0.25) is 0 Å². The second-order valence-corrected chi connectivity index (χ2v) is 7.51. The van der Waals surface area contributed by atoms with Crippen LogP contribution in [0.25, 0.3) is 0 Å². The van der Waals surface area contributed by atoms with Gasteiger partial charge in [-0.2, -0.15) is 0 Å². The van der Waals surface area contributed by atoms with E-state index in [2.05, 4.69) is 5.32 Å². The van der Waals surface area contributed by atoms with Crippen LogP contribution in [-0.4, -0.2) is 70.9 Å². The molecular weight excluding hydrogens is 366 g/mol. The molecule has 1 fully saturated rings. The number of β-amino-alcohol motifs (C(OH)–C–C–N with tert-alkyl or cyclic N) is 1. The van der Waals surface area contributed by atoms with Crippen molar-refractivity contribution >= 4 is 11.9 Å². The van der Waals surface area contributed by atoms with Crippen molar-refractivity contribution in [1.29, 1.82) is 0 Å². The molecule has 5 atom stereocenters. The predicted molar refractivity (Wildman–Crippen MR) is 104 cm³/mol. The summed E-state index contributed by atoms with van der Waals surface area (Å²) in [6.45, 7) is 4.13. The van der Waals surface area contributed by atoms with Gasteiger partial charge in [-0.15, -0.1) is 0 Å². The molecule has 1 saturated heterocycles. The molecule has 0 amide bonds. The number of esters is 2. The highest BCUT2D eigenvalue weighted by Crippen LogP contribution is 2.17. The highest BCUT2D eigenvalue weighted by molar-refractivity contribution is 5.70. The minimum atomic E-state index is -1.27. The molecule has 0 aromatic carbocycles. The fourth-order valence-electron chi connectivity index (χ4n) is 3.18. The molecule has 0 aromatic heterocycles. The fraction of sp³-hybridized carbons (Fsp3) is 0.900. The smallest absolute Gasteiger partial charge is 0.306 e. The second-order valence-electron chi connectivity index (χ2n) is 7.51. The number of ether oxygens (including phenoxy) is 2. The summed E-state index contributed by atoms with van der Waals surface area (Å²) >= 11 is 0. The van der Waals surface area contributed by atoms with Crippen molar-refractivity contribution in [2.24, 2.45) is 0 Å². The van der Waals surface area contributed by atoms with E-state index in [1.165, 1.54) is 0 Å². The molecule has 0 unspecified atom stereocenters. The van der Waals surface area contributed by atoms with E-state index in [1.807, 2.05) is 13.8 Å². The zero-order valence-corrected chi connectivity index (χ0v) is 17.1. The molecule has 28 heavy (non-hydrogen) atoms. The normalized spacial score (nSPS) is 25.9. The Labute approximate surface area is 167 Å². The van der Waals surface area contributed by atoms with E-state index >= 15 is 0 Å². The largest absolute Gasteiger partial charge is 0.462 e. The Bertz CT molecular complexity index is 460. The lowest BCUT2D eigenvalue weighted by molar-refractivity contribution is -0.162. The zero-order chi connectivity index (χ0) is 20.9. The Balaban J connectivity index is 2.58. The molecule has 0 radical (unpaired) electrons. The van der Waals surface area contributed by atoms with Crippen molar-refractivity contribution in [3.8, 4) is 0 Å². The van der Waals surface area contributed by atoms with Crippen LogP contribution in [0.5, 0.6) is 0 Å². The highest BCUT2D eigenvalue weighted by Gasteiger charge is 2.38. The minimum Gasteiger partial charge on any atom is -0.462 e. The molecule has 1 rings (SSSR count). The molecule has 8 heteroatoms. The Morgan fingerprint density at radius 3 is 2.18 bits per heavy atom. The number of carbonyl (C=O) groups is 2. The molecule has 1 heterocycles. The Hall–Kier alpha value is -1.22. The molecule has 0 bridgehead atoms. The second kappa shape index (κ2) is 13.9. The van der Waals surface area contributed by atoms with Crippen LogP contribution in [0, 0.1) is 0 Å². The van der Waals surface area contributed by atoms with E-state index in [0.29, 0.717) is 6.42 Å². The van der Waals surface area contributed by atoms with Crippen LogP contribution < -0.4 is 5.32 Å². The summed E-state index contributed by atoms with van der Waals surface area (Å²) in [5.41, 5.74) is 0. The lowest BCUT2D eigenvalue weighted by Gasteiger charge is -2.37. The summed E-state index contributed by atoms with van der Waals surface area (Å²) in [7, 11) is 0. The van der Waals surface area contributed by atoms with Gasteiger partial charge in [0.15, 0.2) is 0 Å². The first kappa shape index (κ1) is 24.8. The summed E-state index contributed by atoms with van der Waals surface area (Å²) < 4.78 is 10.7. The fourth-order valence-corrected chi connectivity index (χ4v) is 3.18. The number of hydrogen-bond donors (Lipinski definition) is 4. The van der Waals surface area contributed by atoms with Crippen molar-refractivity contribution in [3.63, 3.8) is 0 Å². The molecular formula is C20H37NO7. The zero-order valence-electron chi connectivity index (χ0n) is 17.1. The maximum Gasteiger partial charge on any atom is 0.306 e. The standard InChI is InChI=1S/C20H37NO7/c1-3-5-7-9-17(23)27-13-14(28-18(24)10-8-6-4-2)11-15-19(25)20(26)16(22)12-21-15/h14-16,19-22,25-26H,3-13H2,1-2H3/t14-,15+,16+,19-,20-/m0/s1. The van der Waals surface area contributed by atoms with Gasteiger partial charge in [0, 0.05) is 31.8 Å². The molecule has 1 aliphatic rings. The van der Waals surface area contributed by atoms with Gasteiger partial charge in [0.05, 0.1) is 12.2 Å². The first-order chi connectivity index (χ1) is 13.4. The average Bonchev–Trinajstić information content (AvgIpc) is 2.67. The third kappa shape index (κ3) is 9.32. The maximum atomic E-state index is 12.1. The number of rotatable bonds is 13. The molecule has 0 aliphatic carbocycles. The van der Waals surface area contributed by atoms with Gasteiger partial charge in [-0.3, -0.25) is 9.59 Å². The number of hydrogen-bond acceptors (Lipinski definition) is 8. The topological polar surface area (TPSA) is 125 Å². The van der Waals surface area contributed by atoms with Gasteiger partial charge >= 0.3 is 11.9 Å². The third-order valence-corrected chi connectivity index (χ3v) is 4.96. The monoisotopic (exact) mass is 403 g/mol. The van der Waals surface area contributed by atoms with Crippen molar-refractivity contribution in [2.75, 3.05) is 13.2 Å². The molecule has 0 aromatic rings. The highest BCUT2D eigenvalue weighted by atomic mass is 16.6. The third-order valence-electron chi connectivity index (χ3n) is 4.96. The SMILES string of the molecule is CCCCCC(=O)OC[C@H](C[C@H]1NC[C@@H](O)[C@H](O)[C@H]1O)OC(=O)CCCCC. The molecule has 0 spiro atoms. The minimum absolute atomic E-state index is 0.0893. The van der Waals surface area contributed by atoms with E-state index in [1.54, 1.807) is 0 Å². The lowest BCUT2D eigenvalue weighted by atomic mass is 9.92.